The second kappa shape index (κ2) is 10.5. The van der Waals surface area contributed by atoms with Gasteiger partial charge in [-0.15, -0.1) is 12.4 Å². The van der Waals surface area contributed by atoms with E-state index in [0.717, 1.165) is 56.0 Å². The zero-order valence-corrected chi connectivity index (χ0v) is 19.2. The van der Waals surface area contributed by atoms with Crippen LogP contribution in [0.3, 0.4) is 0 Å². The number of hydrogen-bond donors (Lipinski definition) is 0. The van der Waals surface area contributed by atoms with Gasteiger partial charge in [0.25, 0.3) is 5.91 Å². The van der Waals surface area contributed by atoms with Gasteiger partial charge in [-0.2, -0.15) is 5.10 Å². The summed E-state index contributed by atoms with van der Waals surface area (Å²) in [4.78, 5) is 22.1. The average molecular weight is 470 g/mol. The Bertz CT molecular complexity index is 987. The van der Waals surface area contributed by atoms with Crippen molar-refractivity contribution in [1.29, 1.82) is 0 Å². The summed E-state index contributed by atoms with van der Waals surface area (Å²) in [5.41, 5.74) is 1.29. The Morgan fingerprint density at radius 2 is 2.10 bits per heavy atom. The van der Waals surface area contributed by atoms with Crippen LogP contribution in [0.1, 0.15) is 23.8 Å². The molecule has 4 rings (SSSR count). The third kappa shape index (κ3) is 5.31. The molecule has 0 saturated carbocycles. The largest absolute Gasteiger partial charge is 0.379 e. The van der Waals surface area contributed by atoms with Crippen LogP contribution < -0.4 is 4.90 Å². The number of halogens is 2. The van der Waals surface area contributed by atoms with Gasteiger partial charge in [0.1, 0.15) is 0 Å². The fraction of sp³-hybridized carbons (Fsp3) is 0.450. The molecule has 1 aliphatic rings. The van der Waals surface area contributed by atoms with Crippen molar-refractivity contribution >= 4 is 56.6 Å². The van der Waals surface area contributed by atoms with Gasteiger partial charge in [-0.1, -0.05) is 22.9 Å². The maximum Gasteiger partial charge on any atom is 0.280 e. The number of morpholine rings is 1. The average Bonchev–Trinajstić information content (AvgIpc) is 3.38. The summed E-state index contributed by atoms with van der Waals surface area (Å²) in [7, 11) is 0. The van der Waals surface area contributed by atoms with E-state index in [1.165, 1.54) is 11.3 Å². The smallest absolute Gasteiger partial charge is 0.280 e. The van der Waals surface area contributed by atoms with E-state index in [1.807, 2.05) is 31.3 Å². The van der Waals surface area contributed by atoms with Crippen LogP contribution in [-0.4, -0.2) is 65.0 Å². The minimum atomic E-state index is -0.121. The number of aryl methyl sites for hydroxylation is 1. The second-order valence-electron chi connectivity index (χ2n) is 6.93. The van der Waals surface area contributed by atoms with E-state index in [2.05, 4.69) is 15.0 Å². The molecule has 0 radical (unpaired) electrons. The summed E-state index contributed by atoms with van der Waals surface area (Å²) in [6, 6.07) is 7.37. The lowest BCUT2D eigenvalue weighted by Crippen LogP contribution is -2.39. The molecule has 30 heavy (non-hydrogen) atoms. The number of ether oxygens (including phenoxy) is 1. The van der Waals surface area contributed by atoms with Crippen LogP contribution in [-0.2, 0) is 11.3 Å². The minimum absolute atomic E-state index is 0. The quantitative estimate of drug-likeness (QED) is 0.523. The predicted molar refractivity (Wildman–Crippen MR) is 123 cm³/mol. The Hall–Kier alpha value is -1.71. The standard InChI is InChI=1S/C20H24ClN5O2S.ClH/c1-2-25-9-6-17(23-25)19(27)26(8-3-7-24-10-12-28-13-11-24)20-22-16-5-4-15(21)14-18(16)29-20;/h4-6,9,14H,2-3,7-8,10-13H2,1H3;1H. The first kappa shape index (κ1) is 23.0. The number of anilines is 1. The van der Waals surface area contributed by atoms with E-state index in [-0.39, 0.29) is 18.3 Å². The van der Waals surface area contributed by atoms with E-state index in [1.54, 1.807) is 15.6 Å². The van der Waals surface area contributed by atoms with Gasteiger partial charge in [0.05, 0.1) is 23.4 Å². The third-order valence-corrected chi connectivity index (χ3v) is 6.24. The first-order chi connectivity index (χ1) is 14.1. The molecule has 1 saturated heterocycles. The summed E-state index contributed by atoms with van der Waals surface area (Å²) in [6.07, 6.45) is 2.69. The lowest BCUT2D eigenvalue weighted by atomic mass is 10.3. The van der Waals surface area contributed by atoms with Gasteiger partial charge in [0.15, 0.2) is 10.8 Å². The Morgan fingerprint density at radius 1 is 1.30 bits per heavy atom. The van der Waals surface area contributed by atoms with Gasteiger partial charge in [-0.05, 0) is 37.6 Å². The number of amides is 1. The molecular formula is C20H25Cl2N5O2S. The number of thiazole rings is 1. The SMILES string of the molecule is CCn1ccc(C(=O)N(CCCN2CCOCC2)c2nc3ccc(Cl)cc3s2)n1.Cl. The highest BCUT2D eigenvalue weighted by Crippen LogP contribution is 2.31. The van der Waals surface area contributed by atoms with E-state index in [4.69, 9.17) is 16.3 Å². The molecule has 0 unspecified atom stereocenters. The summed E-state index contributed by atoms with van der Waals surface area (Å²) >= 11 is 7.61. The number of carbonyl (C=O) groups excluding carboxylic acids is 1. The summed E-state index contributed by atoms with van der Waals surface area (Å²) < 4.78 is 8.14. The van der Waals surface area contributed by atoms with Crippen LogP contribution in [0, 0.1) is 0 Å². The van der Waals surface area contributed by atoms with E-state index in [0.29, 0.717) is 22.4 Å². The highest BCUT2D eigenvalue weighted by atomic mass is 35.5. The van der Waals surface area contributed by atoms with Crippen LogP contribution >= 0.6 is 35.3 Å². The van der Waals surface area contributed by atoms with E-state index < -0.39 is 0 Å². The molecule has 1 aromatic carbocycles. The van der Waals surface area contributed by atoms with E-state index >= 15 is 0 Å². The Labute approximate surface area is 191 Å². The van der Waals surface area contributed by atoms with Crippen LogP contribution in [0.2, 0.25) is 5.02 Å². The number of nitrogens with zero attached hydrogens (tertiary/aromatic N) is 5. The normalized spacial score (nSPS) is 14.6. The molecule has 0 aliphatic carbocycles. The molecule has 3 heterocycles. The molecule has 3 aromatic rings. The zero-order valence-electron chi connectivity index (χ0n) is 16.8. The van der Waals surface area contributed by atoms with Crippen molar-refractivity contribution < 1.29 is 9.53 Å². The molecule has 0 N–H and O–H groups in total. The van der Waals surface area contributed by atoms with Crippen LogP contribution in [0.5, 0.6) is 0 Å². The molecule has 2 aromatic heterocycles. The molecule has 0 spiro atoms. The highest BCUT2D eigenvalue weighted by Gasteiger charge is 2.23. The fourth-order valence-electron chi connectivity index (χ4n) is 3.35. The van der Waals surface area contributed by atoms with Crippen molar-refractivity contribution in [1.82, 2.24) is 19.7 Å². The third-order valence-electron chi connectivity index (χ3n) is 4.96. The van der Waals surface area contributed by atoms with Crippen molar-refractivity contribution in [3.8, 4) is 0 Å². The number of hydrogen-bond acceptors (Lipinski definition) is 6. The Kier molecular flexibility index (Phi) is 8.07. The fourth-order valence-corrected chi connectivity index (χ4v) is 4.62. The molecule has 0 atom stereocenters. The number of aromatic nitrogens is 3. The first-order valence-corrected chi connectivity index (χ1v) is 11.0. The van der Waals surface area contributed by atoms with Gasteiger partial charge in [0.2, 0.25) is 0 Å². The van der Waals surface area contributed by atoms with Gasteiger partial charge >= 0.3 is 0 Å². The summed E-state index contributed by atoms with van der Waals surface area (Å²) in [5.74, 6) is -0.121. The van der Waals surface area contributed by atoms with Crippen molar-refractivity contribution in [3.05, 3.63) is 41.2 Å². The maximum atomic E-state index is 13.3. The van der Waals surface area contributed by atoms with Crippen molar-refractivity contribution in [2.75, 3.05) is 44.3 Å². The molecule has 0 bridgehead atoms. The predicted octanol–water partition coefficient (Wildman–Crippen LogP) is 3.96. The molecule has 7 nitrogen and oxygen atoms in total. The van der Waals surface area contributed by atoms with Gasteiger partial charge < -0.3 is 4.74 Å². The van der Waals surface area contributed by atoms with Gasteiger partial charge in [-0.25, -0.2) is 4.98 Å². The number of benzene rings is 1. The van der Waals surface area contributed by atoms with Gasteiger partial charge in [-0.3, -0.25) is 19.3 Å². The van der Waals surface area contributed by atoms with Gasteiger partial charge in [0, 0.05) is 43.9 Å². The zero-order chi connectivity index (χ0) is 20.2. The van der Waals surface area contributed by atoms with Crippen LogP contribution in [0.4, 0.5) is 5.13 Å². The Morgan fingerprint density at radius 3 is 2.83 bits per heavy atom. The number of rotatable bonds is 7. The van der Waals surface area contributed by atoms with Crippen LogP contribution in [0.15, 0.2) is 30.5 Å². The summed E-state index contributed by atoms with van der Waals surface area (Å²) in [6.45, 7) is 7.66. The lowest BCUT2D eigenvalue weighted by Gasteiger charge is -2.27. The molecule has 162 valence electrons. The Balaban J connectivity index is 0.00000256. The van der Waals surface area contributed by atoms with Crippen LogP contribution in [0.25, 0.3) is 10.2 Å². The first-order valence-electron chi connectivity index (χ1n) is 9.85. The molecular weight excluding hydrogens is 445 g/mol. The molecule has 1 fully saturated rings. The summed E-state index contributed by atoms with van der Waals surface area (Å²) in [5, 5.41) is 5.74. The second-order valence-corrected chi connectivity index (χ2v) is 8.38. The number of fused-ring (bicyclic) bond motifs is 1. The highest BCUT2D eigenvalue weighted by molar-refractivity contribution is 7.22. The van der Waals surface area contributed by atoms with Crippen molar-refractivity contribution in [3.63, 3.8) is 0 Å². The molecule has 1 amide bonds. The van der Waals surface area contributed by atoms with Crippen molar-refractivity contribution in [2.45, 2.75) is 19.9 Å². The maximum absolute atomic E-state index is 13.3. The minimum Gasteiger partial charge on any atom is -0.379 e. The molecule has 1 aliphatic heterocycles. The number of carbonyl (C=O) groups is 1. The lowest BCUT2D eigenvalue weighted by molar-refractivity contribution is 0.0376. The monoisotopic (exact) mass is 469 g/mol. The van der Waals surface area contributed by atoms with E-state index in [9.17, 15) is 4.79 Å². The van der Waals surface area contributed by atoms with Crippen molar-refractivity contribution in [2.24, 2.45) is 0 Å². The molecule has 10 heteroatoms. The topological polar surface area (TPSA) is 63.5 Å².